The third-order valence-corrected chi connectivity index (χ3v) is 4.09. The molecule has 3 aromatic rings. The Hall–Kier alpha value is -3.52. The average molecular weight is 393 g/mol. The van der Waals surface area contributed by atoms with Crippen molar-refractivity contribution in [3.05, 3.63) is 72.4 Å². The van der Waals surface area contributed by atoms with Crippen LogP contribution in [0.5, 0.6) is 5.75 Å². The molecule has 0 bridgehead atoms. The minimum absolute atomic E-state index is 0.286. The average Bonchev–Trinajstić information content (AvgIpc) is 2.76. The molecule has 1 aromatic carbocycles. The molecule has 3 rings (SSSR count). The summed E-state index contributed by atoms with van der Waals surface area (Å²) < 4.78 is 10.5. The lowest BCUT2D eigenvalue weighted by Crippen LogP contribution is -2.20. The lowest BCUT2D eigenvalue weighted by atomic mass is 10.2. The number of benzene rings is 1. The van der Waals surface area contributed by atoms with Gasteiger partial charge in [-0.3, -0.25) is 9.78 Å². The molecule has 8 heteroatoms. The summed E-state index contributed by atoms with van der Waals surface area (Å²) >= 11 is 0. The number of nitrogens with zero attached hydrogens (tertiary/aromatic N) is 4. The zero-order chi connectivity index (χ0) is 20.5. The Labute approximate surface area is 169 Å². The Bertz CT molecular complexity index is 919. The van der Waals surface area contributed by atoms with Crippen LogP contribution in [0, 0.1) is 0 Å². The van der Waals surface area contributed by atoms with Crippen LogP contribution < -0.4 is 15.0 Å². The topological polar surface area (TPSA) is 89.5 Å². The molecule has 2 heterocycles. The molecule has 0 unspecified atom stereocenters. The monoisotopic (exact) mass is 393 g/mol. The van der Waals surface area contributed by atoms with E-state index in [4.69, 9.17) is 9.47 Å². The second-order valence-corrected chi connectivity index (χ2v) is 6.30. The van der Waals surface area contributed by atoms with Gasteiger partial charge in [-0.05, 0) is 35.9 Å². The molecule has 29 heavy (non-hydrogen) atoms. The largest absolute Gasteiger partial charge is 0.491 e. The van der Waals surface area contributed by atoms with E-state index in [0.717, 1.165) is 5.56 Å². The van der Waals surface area contributed by atoms with E-state index in [1.165, 1.54) is 6.33 Å². The highest BCUT2D eigenvalue weighted by Crippen LogP contribution is 2.17. The molecule has 0 radical (unpaired) electrons. The van der Waals surface area contributed by atoms with Crippen molar-refractivity contribution in [2.75, 3.05) is 37.6 Å². The first-order valence-electron chi connectivity index (χ1n) is 9.11. The number of hydrogen-bond donors (Lipinski definition) is 1. The van der Waals surface area contributed by atoms with Gasteiger partial charge in [0, 0.05) is 44.8 Å². The standard InChI is InChI=1S/C21H23N5O3/c1-26(14-16-4-3-9-22-13-16)20-12-19(23-15-24-20)21(27)25-17-5-7-18(8-6-17)29-11-10-28-2/h3-9,12-13,15H,10-11,14H2,1-2H3,(H,25,27). The van der Waals surface area contributed by atoms with Crippen LogP contribution in [-0.4, -0.2) is 48.2 Å². The molecule has 0 spiro atoms. The number of anilines is 2. The van der Waals surface area contributed by atoms with Crippen LogP contribution in [0.2, 0.25) is 0 Å². The Morgan fingerprint density at radius 3 is 2.69 bits per heavy atom. The Morgan fingerprint density at radius 2 is 1.97 bits per heavy atom. The zero-order valence-electron chi connectivity index (χ0n) is 16.4. The van der Waals surface area contributed by atoms with Crippen LogP contribution in [0.1, 0.15) is 16.1 Å². The number of ether oxygens (including phenoxy) is 2. The van der Waals surface area contributed by atoms with Gasteiger partial charge in [0.15, 0.2) is 0 Å². The zero-order valence-corrected chi connectivity index (χ0v) is 16.4. The van der Waals surface area contributed by atoms with Crippen molar-refractivity contribution in [1.82, 2.24) is 15.0 Å². The van der Waals surface area contributed by atoms with Crippen LogP contribution >= 0.6 is 0 Å². The fourth-order valence-electron chi connectivity index (χ4n) is 2.60. The third kappa shape index (κ3) is 5.98. The van der Waals surface area contributed by atoms with Gasteiger partial charge >= 0.3 is 0 Å². The molecule has 1 amide bonds. The summed E-state index contributed by atoms with van der Waals surface area (Å²) in [5.41, 5.74) is 1.99. The second-order valence-electron chi connectivity index (χ2n) is 6.30. The maximum absolute atomic E-state index is 12.6. The first-order chi connectivity index (χ1) is 14.2. The summed E-state index contributed by atoms with van der Waals surface area (Å²) in [4.78, 5) is 27.0. The lowest BCUT2D eigenvalue weighted by molar-refractivity contribution is 0.102. The van der Waals surface area contributed by atoms with Gasteiger partial charge in [-0.2, -0.15) is 0 Å². The van der Waals surface area contributed by atoms with Crippen LogP contribution in [0.15, 0.2) is 61.2 Å². The predicted octanol–water partition coefficient (Wildman–Crippen LogP) is 2.79. The van der Waals surface area contributed by atoms with E-state index in [0.29, 0.717) is 37.0 Å². The number of nitrogens with one attached hydrogen (secondary N) is 1. The van der Waals surface area contributed by atoms with Gasteiger partial charge in [0.1, 0.15) is 30.2 Å². The highest BCUT2D eigenvalue weighted by atomic mass is 16.5. The van der Waals surface area contributed by atoms with Crippen LogP contribution in [0.25, 0.3) is 0 Å². The van der Waals surface area contributed by atoms with Crippen molar-refractivity contribution in [2.45, 2.75) is 6.54 Å². The molecule has 8 nitrogen and oxygen atoms in total. The van der Waals surface area contributed by atoms with Gasteiger partial charge < -0.3 is 19.7 Å². The first-order valence-corrected chi connectivity index (χ1v) is 9.11. The van der Waals surface area contributed by atoms with Crippen molar-refractivity contribution >= 4 is 17.4 Å². The third-order valence-electron chi connectivity index (χ3n) is 4.09. The van der Waals surface area contributed by atoms with E-state index >= 15 is 0 Å². The van der Waals surface area contributed by atoms with Gasteiger partial charge in [-0.1, -0.05) is 6.07 Å². The van der Waals surface area contributed by atoms with E-state index < -0.39 is 0 Å². The quantitative estimate of drug-likeness (QED) is 0.559. The summed E-state index contributed by atoms with van der Waals surface area (Å²) in [6.07, 6.45) is 4.92. The fraction of sp³-hybridized carbons (Fsp3) is 0.238. The maximum Gasteiger partial charge on any atom is 0.274 e. The van der Waals surface area contributed by atoms with Gasteiger partial charge in [0.05, 0.1) is 6.61 Å². The molecule has 0 aliphatic heterocycles. The summed E-state index contributed by atoms with van der Waals surface area (Å²) in [7, 11) is 3.52. The highest BCUT2D eigenvalue weighted by molar-refractivity contribution is 6.03. The molecule has 0 atom stereocenters. The van der Waals surface area contributed by atoms with Crippen molar-refractivity contribution in [3.8, 4) is 5.75 Å². The first kappa shape index (κ1) is 20.2. The molecular weight excluding hydrogens is 370 g/mol. The van der Waals surface area contributed by atoms with Gasteiger partial charge in [-0.15, -0.1) is 0 Å². The second kappa shape index (κ2) is 10.1. The SMILES string of the molecule is COCCOc1ccc(NC(=O)c2cc(N(C)Cc3cccnc3)ncn2)cc1. The van der Waals surface area contributed by atoms with Crippen LogP contribution in [0.3, 0.4) is 0 Å². The molecule has 0 saturated heterocycles. The summed E-state index contributed by atoms with van der Waals surface area (Å²) in [5.74, 6) is 1.05. The Kier molecular flexibility index (Phi) is 7.07. The number of aromatic nitrogens is 3. The number of rotatable bonds is 9. The molecule has 0 fully saturated rings. The number of pyridine rings is 1. The van der Waals surface area contributed by atoms with Crippen molar-refractivity contribution in [2.24, 2.45) is 0 Å². The number of hydrogen-bond acceptors (Lipinski definition) is 7. The fourth-order valence-corrected chi connectivity index (χ4v) is 2.60. The van der Waals surface area contributed by atoms with Crippen molar-refractivity contribution < 1.29 is 14.3 Å². The number of methoxy groups -OCH3 is 1. The van der Waals surface area contributed by atoms with E-state index in [1.54, 1.807) is 49.8 Å². The van der Waals surface area contributed by atoms with Gasteiger partial charge in [-0.25, -0.2) is 9.97 Å². The smallest absolute Gasteiger partial charge is 0.274 e. The summed E-state index contributed by atoms with van der Waals surface area (Å²) in [5, 5.41) is 2.83. The number of carbonyl (C=O) groups is 1. The highest BCUT2D eigenvalue weighted by Gasteiger charge is 2.12. The summed E-state index contributed by atoms with van der Waals surface area (Å²) in [6.45, 7) is 1.61. The van der Waals surface area contributed by atoms with E-state index in [9.17, 15) is 4.79 Å². The Morgan fingerprint density at radius 1 is 1.14 bits per heavy atom. The predicted molar refractivity (Wildman–Crippen MR) is 110 cm³/mol. The van der Waals surface area contributed by atoms with Crippen LogP contribution in [-0.2, 0) is 11.3 Å². The molecule has 0 aliphatic rings. The molecule has 0 aliphatic carbocycles. The van der Waals surface area contributed by atoms with E-state index in [1.807, 2.05) is 24.1 Å². The molecule has 2 aromatic heterocycles. The number of amides is 1. The molecule has 1 N–H and O–H groups in total. The van der Waals surface area contributed by atoms with Crippen molar-refractivity contribution in [1.29, 1.82) is 0 Å². The normalized spacial score (nSPS) is 10.4. The molecular formula is C21H23N5O3. The maximum atomic E-state index is 12.6. The lowest BCUT2D eigenvalue weighted by Gasteiger charge is -2.18. The minimum atomic E-state index is -0.309. The van der Waals surface area contributed by atoms with E-state index in [-0.39, 0.29) is 11.6 Å². The van der Waals surface area contributed by atoms with Crippen LogP contribution in [0.4, 0.5) is 11.5 Å². The molecule has 150 valence electrons. The summed E-state index contributed by atoms with van der Waals surface area (Å²) in [6, 6.07) is 12.7. The van der Waals surface area contributed by atoms with Gasteiger partial charge in [0.25, 0.3) is 5.91 Å². The molecule has 0 saturated carbocycles. The number of carbonyl (C=O) groups excluding carboxylic acids is 1. The Balaban J connectivity index is 1.61. The minimum Gasteiger partial charge on any atom is -0.491 e. The van der Waals surface area contributed by atoms with E-state index in [2.05, 4.69) is 20.3 Å². The van der Waals surface area contributed by atoms with Crippen molar-refractivity contribution in [3.63, 3.8) is 0 Å². The van der Waals surface area contributed by atoms with Gasteiger partial charge in [0.2, 0.25) is 0 Å².